The van der Waals surface area contributed by atoms with E-state index in [-0.39, 0.29) is 17.8 Å². The molecule has 0 aromatic rings. The van der Waals surface area contributed by atoms with Gasteiger partial charge in [0.1, 0.15) is 0 Å². The maximum atomic E-state index is 12.8. The van der Waals surface area contributed by atoms with Gasteiger partial charge in [-0.25, -0.2) is 0 Å². The van der Waals surface area contributed by atoms with Gasteiger partial charge in [0.25, 0.3) is 0 Å². The summed E-state index contributed by atoms with van der Waals surface area (Å²) in [5.41, 5.74) is -0.0738. The van der Waals surface area contributed by atoms with Crippen molar-refractivity contribution in [1.29, 1.82) is 0 Å². The molecule has 0 spiro atoms. The molecule has 2 aliphatic heterocycles. The van der Waals surface area contributed by atoms with Gasteiger partial charge in [0.05, 0.1) is 18.6 Å². The highest BCUT2D eigenvalue weighted by Crippen LogP contribution is 2.45. The molecular formula is C13H23ClN2O2. The lowest BCUT2D eigenvalue weighted by atomic mass is 9.67. The number of carbonyl (C=O) groups excluding carboxylic acids is 1. The van der Waals surface area contributed by atoms with Gasteiger partial charge in [-0.05, 0) is 25.3 Å². The van der Waals surface area contributed by atoms with Crippen LogP contribution in [0.4, 0.5) is 0 Å². The molecular weight excluding hydrogens is 252 g/mol. The van der Waals surface area contributed by atoms with E-state index in [0.29, 0.717) is 25.0 Å². The SMILES string of the molecule is Cl.O=C(N1CCOCC1)[C@@]12CCCC[C@H]1CNC2. The highest BCUT2D eigenvalue weighted by atomic mass is 35.5. The van der Waals surface area contributed by atoms with Crippen molar-refractivity contribution < 1.29 is 9.53 Å². The fraction of sp³-hybridized carbons (Fsp3) is 0.923. The van der Waals surface area contributed by atoms with Crippen molar-refractivity contribution in [3.05, 3.63) is 0 Å². The smallest absolute Gasteiger partial charge is 0.230 e. The Bertz CT molecular complexity index is 307. The number of nitrogens with one attached hydrogen (secondary N) is 1. The minimum absolute atomic E-state index is 0. The summed E-state index contributed by atoms with van der Waals surface area (Å²) in [6.07, 6.45) is 4.82. The Balaban J connectivity index is 0.00000120. The molecule has 0 unspecified atom stereocenters. The number of fused-ring (bicyclic) bond motifs is 1. The molecule has 2 atom stereocenters. The number of nitrogens with zero attached hydrogens (tertiary/aromatic N) is 1. The van der Waals surface area contributed by atoms with Crippen molar-refractivity contribution in [2.75, 3.05) is 39.4 Å². The highest BCUT2D eigenvalue weighted by Gasteiger charge is 2.51. The Morgan fingerprint density at radius 2 is 2.06 bits per heavy atom. The molecule has 3 fully saturated rings. The van der Waals surface area contributed by atoms with E-state index in [1.165, 1.54) is 19.3 Å². The third-order valence-corrected chi connectivity index (χ3v) is 4.76. The van der Waals surface area contributed by atoms with Crippen LogP contribution in [-0.2, 0) is 9.53 Å². The van der Waals surface area contributed by atoms with E-state index in [2.05, 4.69) is 5.32 Å². The first-order valence-corrected chi connectivity index (χ1v) is 6.91. The van der Waals surface area contributed by atoms with Gasteiger partial charge in [0.15, 0.2) is 0 Å². The summed E-state index contributed by atoms with van der Waals surface area (Å²) >= 11 is 0. The summed E-state index contributed by atoms with van der Waals surface area (Å²) in [4.78, 5) is 14.8. The van der Waals surface area contributed by atoms with E-state index < -0.39 is 0 Å². The minimum atomic E-state index is -0.0738. The molecule has 0 aromatic carbocycles. The van der Waals surface area contributed by atoms with E-state index >= 15 is 0 Å². The third kappa shape index (κ3) is 2.26. The summed E-state index contributed by atoms with van der Waals surface area (Å²) in [5, 5.41) is 3.45. The summed E-state index contributed by atoms with van der Waals surface area (Å²) in [5.74, 6) is 0.974. The van der Waals surface area contributed by atoms with Crippen LogP contribution in [0.5, 0.6) is 0 Å². The van der Waals surface area contributed by atoms with Crippen molar-refractivity contribution >= 4 is 18.3 Å². The lowest BCUT2D eigenvalue weighted by Gasteiger charge is -2.41. The van der Waals surface area contributed by atoms with Crippen LogP contribution in [0.1, 0.15) is 25.7 Å². The van der Waals surface area contributed by atoms with Gasteiger partial charge in [-0.2, -0.15) is 0 Å². The molecule has 1 aliphatic carbocycles. The van der Waals surface area contributed by atoms with Gasteiger partial charge < -0.3 is 15.0 Å². The van der Waals surface area contributed by atoms with E-state index in [0.717, 1.165) is 32.6 Å². The zero-order valence-electron chi connectivity index (χ0n) is 10.8. The van der Waals surface area contributed by atoms with Crippen molar-refractivity contribution in [3.8, 4) is 0 Å². The molecule has 3 rings (SSSR count). The first-order valence-electron chi connectivity index (χ1n) is 6.91. The van der Waals surface area contributed by atoms with Gasteiger partial charge in [0, 0.05) is 19.6 Å². The summed E-state index contributed by atoms with van der Waals surface area (Å²) in [6, 6.07) is 0. The molecule has 0 bridgehead atoms. The molecule has 3 aliphatic rings. The van der Waals surface area contributed by atoms with Gasteiger partial charge >= 0.3 is 0 Å². The summed E-state index contributed by atoms with van der Waals surface area (Å²) < 4.78 is 5.34. The standard InChI is InChI=1S/C13H22N2O2.ClH/c16-12(15-5-7-17-8-6-15)13-4-2-1-3-11(13)9-14-10-13;/h11,14H,1-10H2;1H/t11-,13+;/m0./s1. The predicted molar refractivity (Wildman–Crippen MR) is 71.9 cm³/mol. The van der Waals surface area contributed by atoms with Crippen LogP contribution in [0, 0.1) is 11.3 Å². The lowest BCUT2D eigenvalue weighted by Crippen LogP contribution is -2.52. The average Bonchev–Trinajstić information content (AvgIpc) is 2.84. The van der Waals surface area contributed by atoms with E-state index in [4.69, 9.17) is 4.74 Å². The Morgan fingerprint density at radius 3 is 2.83 bits per heavy atom. The summed E-state index contributed by atoms with van der Waals surface area (Å²) in [7, 11) is 0. The van der Waals surface area contributed by atoms with Gasteiger partial charge in [-0.15, -0.1) is 12.4 Å². The fourth-order valence-electron chi connectivity index (χ4n) is 3.75. The minimum Gasteiger partial charge on any atom is -0.378 e. The van der Waals surface area contributed by atoms with Crippen LogP contribution in [0.2, 0.25) is 0 Å². The van der Waals surface area contributed by atoms with E-state index in [1.807, 2.05) is 4.90 Å². The van der Waals surface area contributed by atoms with Gasteiger partial charge in [-0.3, -0.25) is 4.79 Å². The molecule has 1 N–H and O–H groups in total. The number of carbonyl (C=O) groups is 1. The van der Waals surface area contributed by atoms with Crippen molar-refractivity contribution in [1.82, 2.24) is 10.2 Å². The first-order chi connectivity index (χ1) is 8.33. The Hall–Kier alpha value is -0.320. The number of halogens is 1. The number of amides is 1. The highest BCUT2D eigenvalue weighted by molar-refractivity contribution is 5.85. The molecule has 1 amide bonds. The fourth-order valence-corrected chi connectivity index (χ4v) is 3.75. The second-order valence-corrected chi connectivity index (χ2v) is 5.63. The summed E-state index contributed by atoms with van der Waals surface area (Å²) in [6.45, 7) is 4.92. The maximum absolute atomic E-state index is 12.8. The Labute approximate surface area is 115 Å². The second-order valence-electron chi connectivity index (χ2n) is 5.63. The van der Waals surface area contributed by atoms with Crippen molar-refractivity contribution in [2.45, 2.75) is 25.7 Å². The van der Waals surface area contributed by atoms with Crippen LogP contribution in [0.15, 0.2) is 0 Å². The average molecular weight is 275 g/mol. The number of ether oxygens (including phenoxy) is 1. The van der Waals surface area contributed by atoms with Crippen molar-refractivity contribution in [3.63, 3.8) is 0 Å². The Kier molecular flexibility index (Phi) is 4.51. The Morgan fingerprint density at radius 1 is 1.28 bits per heavy atom. The van der Waals surface area contributed by atoms with Gasteiger partial charge in [-0.1, -0.05) is 12.8 Å². The second kappa shape index (κ2) is 5.76. The normalized spacial score (nSPS) is 35.8. The van der Waals surface area contributed by atoms with E-state index in [1.54, 1.807) is 0 Å². The van der Waals surface area contributed by atoms with Crippen LogP contribution < -0.4 is 5.32 Å². The molecule has 0 aromatic heterocycles. The molecule has 18 heavy (non-hydrogen) atoms. The van der Waals surface area contributed by atoms with Crippen LogP contribution in [0.3, 0.4) is 0 Å². The monoisotopic (exact) mass is 274 g/mol. The number of hydrogen-bond acceptors (Lipinski definition) is 3. The molecule has 2 saturated heterocycles. The number of rotatable bonds is 1. The van der Waals surface area contributed by atoms with Crippen LogP contribution in [-0.4, -0.2) is 50.2 Å². The zero-order chi connectivity index (χ0) is 11.7. The number of hydrogen-bond donors (Lipinski definition) is 1. The molecule has 2 heterocycles. The van der Waals surface area contributed by atoms with Crippen LogP contribution >= 0.6 is 12.4 Å². The quantitative estimate of drug-likeness (QED) is 0.777. The third-order valence-electron chi connectivity index (χ3n) is 4.76. The predicted octanol–water partition coefficient (Wildman–Crippen LogP) is 1.05. The van der Waals surface area contributed by atoms with Gasteiger partial charge in [0.2, 0.25) is 5.91 Å². The topological polar surface area (TPSA) is 41.6 Å². The molecule has 0 radical (unpaired) electrons. The zero-order valence-corrected chi connectivity index (χ0v) is 11.6. The molecule has 1 saturated carbocycles. The molecule has 5 heteroatoms. The largest absolute Gasteiger partial charge is 0.378 e. The maximum Gasteiger partial charge on any atom is 0.230 e. The molecule has 104 valence electrons. The van der Waals surface area contributed by atoms with Crippen molar-refractivity contribution in [2.24, 2.45) is 11.3 Å². The molecule has 4 nitrogen and oxygen atoms in total. The lowest BCUT2D eigenvalue weighted by molar-refractivity contribution is -0.149. The van der Waals surface area contributed by atoms with Crippen LogP contribution in [0.25, 0.3) is 0 Å². The van der Waals surface area contributed by atoms with E-state index in [9.17, 15) is 4.79 Å². The number of morpholine rings is 1. The first kappa shape index (κ1) is 14.1.